The van der Waals surface area contributed by atoms with Crippen LogP contribution in [0.4, 0.5) is 0 Å². The summed E-state index contributed by atoms with van der Waals surface area (Å²) in [6, 6.07) is 1.37. The number of nitrogens with one attached hydrogen (secondary N) is 2. The first-order valence-corrected chi connectivity index (χ1v) is 8.28. The summed E-state index contributed by atoms with van der Waals surface area (Å²) in [5.74, 6) is 0.870. The Morgan fingerprint density at radius 3 is 2.40 bits per heavy atom. The van der Waals surface area contributed by atoms with Gasteiger partial charge in [0.2, 0.25) is 5.91 Å². The molecule has 3 rings (SSSR count). The largest absolute Gasteiger partial charge is 0.354 e. The van der Waals surface area contributed by atoms with Crippen LogP contribution in [0.1, 0.15) is 51.4 Å². The van der Waals surface area contributed by atoms with Gasteiger partial charge in [-0.15, -0.1) is 0 Å². The number of fused-ring (bicyclic) bond motifs is 2. The number of hydrogen-bond donors (Lipinski definition) is 2. The number of amides is 1. The molecule has 0 aromatic rings. The molecule has 20 heavy (non-hydrogen) atoms. The number of rotatable bonds is 5. The lowest BCUT2D eigenvalue weighted by Gasteiger charge is -2.47. The summed E-state index contributed by atoms with van der Waals surface area (Å²) in [5.41, 5.74) is 0.239. The van der Waals surface area contributed by atoms with Crippen molar-refractivity contribution in [3.05, 3.63) is 0 Å². The van der Waals surface area contributed by atoms with Crippen LogP contribution in [-0.2, 0) is 4.79 Å². The Hall–Kier alpha value is -0.610. The normalized spacial score (nSPS) is 34.9. The molecule has 2 unspecified atom stereocenters. The Morgan fingerprint density at radius 2 is 1.90 bits per heavy atom. The highest BCUT2D eigenvalue weighted by Crippen LogP contribution is 2.36. The third kappa shape index (κ3) is 2.86. The Labute approximate surface area is 122 Å². The van der Waals surface area contributed by atoms with Crippen LogP contribution in [0.2, 0.25) is 0 Å². The van der Waals surface area contributed by atoms with E-state index in [1.54, 1.807) is 0 Å². The minimum atomic E-state index is 0.239. The van der Waals surface area contributed by atoms with E-state index in [1.807, 2.05) is 0 Å². The third-order valence-electron chi connectivity index (χ3n) is 5.89. The second-order valence-corrected chi connectivity index (χ2v) is 7.43. The highest BCUT2D eigenvalue weighted by Gasteiger charge is 2.39. The average molecular weight is 279 g/mol. The molecule has 2 bridgehead atoms. The molecule has 3 fully saturated rings. The van der Waals surface area contributed by atoms with Gasteiger partial charge in [0.15, 0.2) is 0 Å². The number of carbonyl (C=O) groups is 1. The molecule has 1 amide bonds. The van der Waals surface area contributed by atoms with Crippen molar-refractivity contribution < 1.29 is 4.79 Å². The Kier molecular flexibility index (Phi) is 4.04. The van der Waals surface area contributed by atoms with Crippen LogP contribution in [0, 0.1) is 5.92 Å². The summed E-state index contributed by atoms with van der Waals surface area (Å²) in [4.78, 5) is 14.5. The second-order valence-electron chi connectivity index (χ2n) is 7.43. The molecule has 4 nitrogen and oxygen atoms in total. The lowest BCUT2D eigenvalue weighted by atomic mass is 9.75. The van der Waals surface area contributed by atoms with Crippen LogP contribution >= 0.6 is 0 Å². The second kappa shape index (κ2) is 5.64. The predicted molar refractivity (Wildman–Crippen MR) is 80.6 cm³/mol. The number of piperidine rings is 1. The van der Waals surface area contributed by atoms with Crippen LogP contribution in [0.3, 0.4) is 0 Å². The van der Waals surface area contributed by atoms with Crippen LogP contribution in [0.5, 0.6) is 0 Å². The van der Waals surface area contributed by atoms with Crippen LogP contribution < -0.4 is 10.6 Å². The summed E-state index contributed by atoms with van der Waals surface area (Å²) in [6.45, 7) is 0.830. The number of nitrogens with zero attached hydrogens (tertiary/aromatic N) is 1. The SMILES string of the molecule is CN(C)C1(CNC(=O)CC2CC3CCC(C2)N3)CCC1. The van der Waals surface area contributed by atoms with E-state index >= 15 is 0 Å². The summed E-state index contributed by atoms with van der Waals surface area (Å²) in [7, 11) is 4.27. The molecular weight excluding hydrogens is 250 g/mol. The Morgan fingerprint density at radius 1 is 1.25 bits per heavy atom. The zero-order valence-corrected chi connectivity index (χ0v) is 13.0. The van der Waals surface area contributed by atoms with Gasteiger partial charge in [0.1, 0.15) is 0 Å². The van der Waals surface area contributed by atoms with Gasteiger partial charge in [0, 0.05) is 30.6 Å². The van der Waals surface area contributed by atoms with E-state index in [9.17, 15) is 4.79 Å². The van der Waals surface area contributed by atoms with Gasteiger partial charge < -0.3 is 15.5 Å². The number of carbonyl (C=O) groups excluding carboxylic acids is 1. The molecule has 2 aliphatic heterocycles. The average Bonchev–Trinajstić information content (AvgIpc) is 2.67. The minimum Gasteiger partial charge on any atom is -0.354 e. The molecule has 1 aliphatic carbocycles. The molecule has 2 heterocycles. The standard InChI is InChI=1S/C16H29N3O/c1-19(2)16(6-3-7-16)11-17-15(20)10-12-8-13-4-5-14(9-12)18-13/h12-14,18H,3-11H2,1-2H3,(H,17,20). The zero-order valence-electron chi connectivity index (χ0n) is 13.0. The van der Waals surface area contributed by atoms with E-state index in [1.165, 1.54) is 44.9 Å². The Balaban J connectivity index is 1.43. The van der Waals surface area contributed by atoms with E-state index in [4.69, 9.17) is 0 Å². The van der Waals surface area contributed by atoms with Crippen molar-refractivity contribution in [2.75, 3.05) is 20.6 Å². The topological polar surface area (TPSA) is 44.4 Å². The maximum Gasteiger partial charge on any atom is 0.220 e. The van der Waals surface area contributed by atoms with E-state index in [0.29, 0.717) is 18.0 Å². The molecule has 2 saturated heterocycles. The molecule has 2 atom stereocenters. The van der Waals surface area contributed by atoms with Crippen molar-refractivity contribution in [2.24, 2.45) is 5.92 Å². The summed E-state index contributed by atoms with van der Waals surface area (Å²) in [6.07, 6.45) is 9.49. The van der Waals surface area contributed by atoms with E-state index in [0.717, 1.165) is 13.0 Å². The zero-order chi connectivity index (χ0) is 14.2. The molecule has 1 saturated carbocycles. The smallest absolute Gasteiger partial charge is 0.220 e. The molecule has 4 heteroatoms. The van der Waals surface area contributed by atoms with E-state index in [-0.39, 0.29) is 11.4 Å². The summed E-state index contributed by atoms with van der Waals surface area (Å²) in [5, 5.41) is 6.85. The third-order valence-corrected chi connectivity index (χ3v) is 5.89. The molecule has 0 spiro atoms. The maximum absolute atomic E-state index is 12.2. The van der Waals surface area contributed by atoms with Crippen LogP contribution in [0.15, 0.2) is 0 Å². The van der Waals surface area contributed by atoms with Crippen molar-refractivity contribution in [3.8, 4) is 0 Å². The summed E-state index contributed by atoms with van der Waals surface area (Å²) < 4.78 is 0. The molecule has 0 aromatic carbocycles. The van der Waals surface area contributed by atoms with Gasteiger partial charge in [-0.05, 0) is 65.0 Å². The van der Waals surface area contributed by atoms with Crippen molar-refractivity contribution >= 4 is 5.91 Å². The number of hydrogen-bond acceptors (Lipinski definition) is 3. The minimum absolute atomic E-state index is 0.239. The lowest BCUT2D eigenvalue weighted by Crippen LogP contribution is -2.57. The van der Waals surface area contributed by atoms with Crippen molar-refractivity contribution in [3.63, 3.8) is 0 Å². The monoisotopic (exact) mass is 279 g/mol. The quantitative estimate of drug-likeness (QED) is 0.802. The maximum atomic E-state index is 12.2. The highest BCUT2D eigenvalue weighted by molar-refractivity contribution is 5.76. The molecule has 0 aromatic heterocycles. The molecular formula is C16H29N3O. The van der Waals surface area contributed by atoms with Crippen molar-refractivity contribution in [1.82, 2.24) is 15.5 Å². The molecule has 2 N–H and O–H groups in total. The van der Waals surface area contributed by atoms with Crippen LogP contribution in [-0.4, -0.2) is 49.1 Å². The van der Waals surface area contributed by atoms with E-state index in [2.05, 4.69) is 29.6 Å². The highest BCUT2D eigenvalue weighted by atomic mass is 16.1. The van der Waals surface area contributed by atoms with Gasteiger partial charge in [0.05, 0.1) is 0 Å². The van der Waals surface area contributed by atoms with Crippen LogP contribution in [0.25, 0.3) is 0 Å². The Bertz CT molecular complexity index is 353. The first-order valence-electron chi connectivity index (χ1n) is 8.28. The fourth-order valence-electron chi connectivity index (χ4n) is 4.31. The first-order chi connectivity index (χ1) is 9.57. The van der Waals surface area contributed by atoms with Crippen molar-refractivity contribution in [2.45, 2.75) is 69.0 Å². The molecule has 114 valence electrons. The summed E-state index contributed by atoms with van der Waals surface area (Å²) >= 11 is 0. The fraction of sp³-hybridized carbons (Fsp3) is 0.938. The molecule has 0 radical (unpaired) electrons. The van der Waals surface area contributed by atoms with Crippen molar-refractivity contribution in [1.29, 1.82) is 0 Å². The van der Waals surface area contributed by atoms with Gasteiger partial charge in [-0.2, -0.15) is 0 Å². The van der Waals surface area contributed by atoms with Gasteiger partial charge in [-0.25, -0.2) is 0 Å². The first kappa shape index (κ1) is 14.3. The fourth-order valence-corrected chi connectivity index (χ4v) is 4.31. The lowest BCUT2D eigenvalue weighted by molar-refractivity contribution is -0.123. The number of likely N-dealkylation sites (N-methyl/N-ethyl adjacent to an activating group) is 1. The van der Waals surface area contributed by atoms with Gasteiger partial charge in [0.25, 0.3) is 0 Å². The van der Waals surface area contributed by atoms with E-state index < -0.39 is 0 Å². The van der Waals surface area contributed by atoms with Gasteiger partial charge in [-0.1, -0.05) is 0 Å². The molecule has 3 aliphatic rings. The predicted octanol–water partition coefficient (Wildman–Crippen LogP) is 1.51. The van der Waals surface area contributed by atoms with Gasteiger partial charge in [-0.3, -0.25) is 4.79 Å². The van der Waals surface area contributed by atoms with Gasteiger partial charge >= 0.3 is 0 Å².